The second-order valence-corrected chi connectivity index (χ2v) is 6.71. The second-order valence-electron chi connectivity index (χ2n) is 6.71. The summed E-state index contributed by atoms with van der Waals surface area (Å²) in [5.41, 5.74) is -0.196. The van der Waals surface area contributed by atoms with Gasteiger partial charge >= 0.3 is 0 Å². The molecule has 0 saturated heterocycles. The van der Waals surface area contributed by atoms with Crippen LogP contribution in [-0.4, -0.2) is 45.0 Å². The molecular formula is C17H16N10O2. The molecule has 0 bridgehead atoms. The molecule has 0 aliphatic carbocycles. The number of aromatic nitrogens is 9. The van der Waals surface area contributed by atoms with Crippen molar-refractivity contribution in [2.45, 2.75) is 38.9 Å². The van der Waals surface area contributed by atoms with E-state index in [1.807, 2.05) is 6.07 Å². The van der Waals surface area contributed by atoms with Gasteiger partial charge in [-0.05, 0) is 26.0 Å². The zero-order valence-electron chi connectivity index (χ0n) is 15.7. The van der Waals surface area contributed by atoms with Gasteiger partial charge in [-0.15, -0.1) is 10.2 Å². The molecule has 0 N–H and O–H groups in total. The van der Waals surface area contributed by atoms with Gasteiger partial charge in [0, 0.05) is 0 Å². The van der Waals surface area contributed by atoms with Crippen LogP contribution in [0.5, 0.6) is 0 Å². The number of hydrogen-bond donors (Lipinski definition) is 0. The van der Waals surface area contributed by atoms with E-state index in [1.54, 1.807) is 26.2 Å². The van der Waals surface area contributed by atoms with Crippen molar-refractivity contribution in [2.75, 3.05) is 0 Å². The molecule has 4 aromatic rings. The topological polar surface area (TPSA) is 150 Å². The van der Waals surface area contributed by atoms with Crippen LogP contribution >= 0.6 is 0 Å². The summed E-state index contributed by atoms with van der Waals surface area (Å²) >= 11 is 0. The van der Waals surface area contributed by atoms with Gasteiger partial charge in [0.15, 0.2) is 0 Å². The molecule has 0 saturated carbocycles. The van der Waals surface area contributed by atoms with Crippen LogP contribution in [0.3, 0.4) is 0 Å². The first kappa shape index (κ1) is 18.4. The Morgan fingerprint density at radius 1 is 0.931 bits per heavy atom. The summed E-state index contributed by atoms with van der Waals surface area (Å²) in [7, 11) is 0. The van der Waals surface area contributed by atoms with Gasteiger partial charge in [0.25, 0.3) is 11.1 Å². The van der Waals surface area contributed by atoms with E-state index in [1.165, 1.54) is 21.6 Å². The van der Waals surface area contributed by atoms with Crippen molar-refractivity contribution in [3.8, 4) is 6.07 Å². The zero-order valence-corrected chi connectivity index (χ0v) is 15.7. The Bertz CT molecular complexity index is 1350. The molecule has 0 aliphatic rings. The van der Waals surface area contributed by atoms with E-state index < -0.39 is 11.6 Å². The van der Waals surface area contributed by atoms with Gasteiger partial charge in [0.05, 0.1) is 54.3 Å². The number of hydrogen-bond acceptors (Lipinski definition) is 9. The molecule has 29 heavy (non-hydrogen) atoms. The maximum atomic E-state index is 12.9. The van der Waals surface area contributed by atoms with E-state index in [9.17, 15) is 9.59 Å². The normalized spacial score (nSPS) is 13.4. The third-order valence-corrected chi connectivity index (χ3v) is 4.60. The van der Waals surface area contributed by atoms with Gasteiger partial charge in [-0.1, -0.05) is 10.4 Å². The van der Waals surface area contributed by atoms with Gasteiger partial charge in [0.2, 0.25) is 0 Å². The summed E-state index contributed by atoms with van der Waals surface area (Å²) in [4.78, 5) is 27.1. The maximum Gasteiger partial charge on any atom is 0.277 e. The average molecular weight is 392 g/mol. The zero-order chi connectivity index (χ0) is 20.5. The van der Waals surface area contributed by atoms with Crippen LogP contribution in [0.15, 0.2) is 34.1 Å². The SMILES string of the molecule is C[C@H](CC#N)n1nnc2cc3c(=O)n([C@H](C)Cn4nccn4)nnc3cc2c1=O. The minimum Gasteiger partial charge on any atom is -0.267 e. The van der Waals surface area contributed by atoms with Crippen LogP contribution in [0, 0.1) is 11.3 Å². The van der Waals surface area contributed by atoms with Crippen LogP contribution in [0.2, 0.25) is 0 Å². The predicted octanol–water partition coefficient (Wildman–Crippen LogP) is 0.224. The van der Waals surface area contributed by atoms with Gasteiger partial charge in [-0.25, -0.2) is 9.36 Å². The molecular weight excluding hydrogens is 376 g/mol. The molecule has 0 radical (unpaired) electrons. The van der Waals surface area contributed by atoms with Crippen molar-refractivity contribution in [3.63, 3.8) is 0 Å². The highest BCUT2D eigenvalue weighted by atomic mass is 16.1. The van der Waals surface area contributed by atoms with E-state index in [0.717, 1.165) is 4.68 Å². The van der Waals surface area contributed by atoms with E-state index in [4.69, 9.17) is 5.26 Å². The average Bonchev–Trinajstić information content (AvgIpc) is 3.21. The second kappa shape index (κ2) is 7.19. The van der Waals surface area contributed by atoms with Gasteiger partial charge in [-0.2, -0.15) is 20.3 Å². The third-order valence-electron chi connectivity index (χ3n) is 4.60. The van der Waals surface area contributed by atoms with Crippen LogP contribution in [0.25, 0.3) is 21.8 Å². The maximum absolute atomic E-state index is 12.9. The van der Waals surface area contributed by atoms with Crippen molar-refractivity contribution in [1.29, 1.82) is 5.26 Å². The molecule has 0 unspecified atom stereocenters. The first-order valence-electron chi connectivity index (χ1n) is 8.89. The summed E-state index contributed by atoms with van der Waals surface area (Å²) in [6, 6.07) is 4.22. The Morgan fingerprint density at radius 3 is 1.97 bits per heavy atom. The van der Waals surface area contributed by atoms with Crippen LogP contribution in [-0.2, 0) is 6.54 Å². The minimum absolute atomic E-state index is 0.126. The monoisotopic (exact) mass is 392 g/mol. The lowest BCUT2D eigenvalue weighted by molar-refractivity contribution is 0.358. The summed E-state index contributed by atoms with van der Waals surface area (Å²) in [6.45, 7) is 3.86. The minimum atomic E-state index is -0.420. The Kier molecular flexibility index (Phi) is 4.55. The van der Waals surface area contributed by atoms with E-state index >= 15 is 0 Å². The van der Waals surface area contributed by atoms with Crippen molar-refractivity contribution < 1.29 is 0 Å². The number of benzene rings is 1. The van der Waals surface area contributed by atoms with E-state index in [0.29, 0.717) is 6.54 Å². The molecule has 0 aliphatic heterocycles. The molecule has 0 spiro atoms. The van der Waals surface area contributed by atoms with Crippen LogP contribution in [0.4, 0.5) is 0 Å². The smallest absolute Gasteiger partial charge is 0.267 e. The Labute approximate surface area is 163 Å². The molecule has 3 heterocycles. The summed E-state index contributed by atoms with van der Waals surface area (Å²) in [5, 5.41) is 33.5. The Hall–Kier alpha value is -4.01. The third kappa shape index (κ3) is 3.22. The van der Waals surface area contributed by atoms with E-state index in [-0.39, 0.29) is 39.8 Å². The molecule has 2 atom stereocenters. The van der Waals surface area contributed by atoms with Crippen molar-refractivity contribution in [2.24, 2.45) is 0 Å². The fraction of sp³-hybridized carbons (Fsp3) is 0.353. The van der Waals surface area contributed by atoms with Crippen LogP contribution < -0.4 is 11.1 Å². The number of nitriles is 1. The molecule has 1 aromatic carbocycles. The number of fused-ring (bicyclic) bond motifs is 2. The highest BCUT2D eigenvalue weighted by molar-refractivity contribution is 5.93. The molecule has 0 fully saturated rings. The fourth-order valence-corrected chi connectivity index (χ4v) is 3.05. The Morgan fingerprint density at radius 2 is 1.45 bits per heavy atom. The van der Waals surface area contributed by atoms with Crippen LogP contribution in [0.1, 0.15) is 32.4 Å². The van der Waals surface area contributed by atoms with Gasteiger partial charge in [-0.3, -0.25) is 9.59 Å². The number of rotatable bonds is 5. The van der Waals surface area contributed by atoms with Gasteiger partial charge in [0.1, 0.15) is 11.0 Å². The largest absolute Gasteiger partial charge is 0.277 e. The van der Waals surface area contributed by atoms with E-state index in [2.05, 4.69) is 30.8 Å². The first-order chi connectivity index (χ1) is 14.0. The lowest BCUT2D eigenvalue weighted by Crippen LogP contribution is -2.30. The molecule has 0 amide bonds. The van der Waals surface area contributed by atoms with Crippen molar-refractivity contribution >= 4 is 21.8 Å². The summed E-state index contributed by atoms with van der Waals surface area (Å²) in [6.07, 6.45) is 3.23. The quantitative estimate of drug-likeness (QED) is 0.434. The predicted molar refractivity (Wildman–Crippen MR) is 101 cm³/mol. The lowest BCUT2D eigenvalue weighted by Gasteiger charge is -2.13. The first-order valence-corrected chi connectivity index (χ1v) is 8.89. The van der Waals surface area contributed by atoms with Crippen molar-refractivity contribution in [1.82, 2.24) is 45.0 Å². The van der Waals surface area contributed by atoms with Gasteiger partial charge < -0.3 is 0 Å². The number of nitrogens with zero attached hydrogens (tertiary/aromatic N) is 10. The molecule has 4 rings (SSSR count). The molecule has 12 nitrogen and oxygen atoms in total. The molecule has 3 aromatic heterocycles. The molecule has 146 valence electrons. The highest BCUT2D eigenvalue weighted by Gasteiger charge is 2.17. The highest BCUT2D eigenvalue weighted by Crippen LogP contribution is 2.16. The fourth-order valence-electron chi connectivity index (χ4n) is 3.05. The molecule has 12 heteroatoms. The summed E-state index contributed by atoms with van der Waals surface area (Å²) < 4.78 is 2.41. The standard InChI is InChI=1S/C17H16N10O2/c1-10(3-4-18)26-16(28)12-7-15-13(8-14(12)21-23-26)17(29)27(24-22-15)11(2)9-25-19-5-6-20-25/h5-8,10-11H,3,9H2,1-2H3/t10-,11-/m1/s1. The van der Waals surface area contributed by atoms with Crippen molar-refractivity contribution in [3.05, 3.63) is 45.2 Å². The lowest BCUT2D eigenvalue weighted by atomic mass is 10.1. The summed E-state index contributed by atoms with van der Waals surface area (Å²) in [5.74, 6) is 0. The Balaban J connectivity index is 1.82.